The summed E-state index contributed by atoms with van der Waals surface area (Å²) in [7, 11) is 0. The zero-order valence-electron chi connectivity index (χ0n) is 41.1. The fourth-order valence-electron chi connectivity index (χ4n) is 11.8. The minimum atomic E-state index is -0.130. The maximum absolute atomic E-state index is 7.17. The van der Waals surface area contributed by atoms with Crippen molar-refractivity contribution in [3.8, 4) is 11.1 Å². The highest BCUT2D eigenvalue weighted by Crippen LogP contribution is 2.54. The molecular weight excluding hydrogens is 795 g/mol. The molecule has 10 rings (SSSR count). The van der Waals surface area contributed by atoms with E-state index in [4.69, 9.17) is 11.6 Å². The van der Waals surface area contributed by atoms with Crippen LogP contribution in [0.3, 0.4) is 0 Å². The van der Waals surface area contributed by atoms with Crippen LogP contribution in [0.4, 0.5) is 34.1 Å². The molecule has 6 aromatic rings. The molecule has 2 heterocycles. The molecule has 328 valence electrons. The van der Waals surface area contributed by atoms with Crippen LogP contribution in [-0.2, 0) is 32.5 Å². The van der Waals surface area contributed by atoms with Crippen LogP contribution in [-0.4, -0.2) is 6.71 Å². The first-order valence-electron chi connectivity index (χ1n) is 24.0. The second kappa shape index (κ2) is 14.1. The number of anilines is 6. The second-order valence-corrected chi connectivity index (χ2v) is 25.0. The first-order chi connectivity index (χ1) is 29.9. The van der Waals surface area contributed by atoms with Crippen LogP contribution in [0.5, 0.6) is 0 Å². The predicted molar refractivity (Wildman–Crippen MR) is 279 cm³/mol. The van der Waals surface area contributed by atoms with Gasteiger partial charge >= 0.3 is 0 Å². The van der Waals surface area contributed by atoms with Crippen molar-refractivity contribution in [2.24, 2.45) is 0 Å². The van der Waals surface area contributed by atoms with E-state index in [0.717, 1.165) is 16.4 Å². The monoisotopic (exact) mass is 863 g/mol. The van der Waals surface area contributed by atoms with Crippen molar-refractivity contribution in [1.29, 1.82) is 0 Å². The average Bonchev–Trinajstić information content (AvgIpc) is 3.23. The van der Waals surface area contributed by atoms with Gasteiger partial charge < -0.3 is 9.80 Å². The third kappa shape index (κ3) is 6.72. The molecule has 0 saturated heterocycles. The first kappa shape index (κ1) is 43.2. The first-order valence-corrected chi connectivity index (χ1v) is 24.4. The van der Waals surface area contributed by atoms with Crippen molar-refractivity contribution in [3.63, 3.8) is 0 Å². The summed E-state index contributed by atoms with van der Waals surface area (Å²) in [6.45, 7) is 33.8. The van der Waals surface area contributed by atoms with E-state index in [1.807, 2.05) is 0 Å². The van der Waals surface area contributed by atoms with E-state index >= 15 is 0 Å². The maximum Gasteiger partial charge on any atom is 0.252 e. The molecule has 2 nitrogen and oxygen atoms in total. The molecule has 64 heavy (non-hydrogen) atoms. The lowest BCUT2D eigenvalue weighted by Crippen LogP contribution is -2.62. The fraction of sp³-hybridized carbons (Fsp3) is 0.400. The predicted octanol–water partition coefficient (Wildman–Crippen LogP) is 15.4. The van der Waals surface area contributed by atoms with Gasteiger partial charge in [-0.25, -0.2) is 0 Å². The molecule has 0 saturated carbocycles. The number of rotatable bonds is 3. The van der Waals surface area contributed by atoms with Gasteiger partial charge in [0.05, 0.1) is 5.69 Å². The van der Waals surface area contributed by atoms with E-state index in [9.17, 15) is 0 Å². The number of fused-ring (bicyclic) bond motifs is 6. The topological polar surface area (TPSA) is 6.48 Å². The third-order valence-corrected chi connectivity index (χ3v) is 16.4. The molecular formula is C60H68BClN2. The second-order valence-electron chi connectivity index (χ2n) is 24.6. The summed E-state index contributed by atoms with van der Waals surface area (Å²) in [5, 5.41) is 0.748. The van der Waals surface area contributed by atoms with Crippen LogP contribution in [0.1, 0.15) is 156 Å². The quantitative estimate of drug-likeness (QED) is 0.163. The summed E-state index contributed by atoms with van der Waals surface area (Å²) >= 11 is 7.17. The minimum Gasteiger partial charge on any atom is -0.311 e. The summed E-state index contributed by atoms with van der Waals surface area (Å²) < 4.78 is 0. The van der Waals surface area contributed by atoms with Gasteiger partial charge in [-0.05, 0) is 168 Å². The Morgan fingerprint density at radius 2 is 1.00 bits per heavy atom. The van der Waals surface area contributed by atoms with Crippen LogP contribution in [0, 0.1) is 0 Å². The van der Waals surface area contributed by atoms with Gasteiger partial charge in [-0.15, -0.1) is 0 Å². The molecule has 0 fully saturated rings. The van der Waals surface area contributed by atoms with Crippen molar-refractivity contribution in [3.05, 3.63) is 148 Å². The van der Waals surface area contributed by atoms with Gasteiger partial charge in [0, 0.05) is 39.0 Å². The van der Waals surface area contributed by atoms with E-state index in [-0.39, 0.29) is 39.2 Å². The van der Waals surface area contributed by atoms with Crippen molar-refractivity contribution in [1.82, 2.24) is 0 Å². The smallest absolute Gasteiger partial charge is 0.252 e. The fourth-order valence-corrected chi connectivity index (χ4v) is 11.9. The molecule has 0 atom stereocenters. The van der Waals surface area contributed by atoms with Gasteiger partial charge in [-0.3, -0.25) is 0 Å². The number of halogens is 1. The zero-order valence-corrected chi connectivity index (χ0v) is 41.8. The van der Waals surface area contributed by atoms with E-state index < -0.39 is 0 Å². The highest BCUT2D eigenvalue weighted by atomic mass is 35.5. The molecule has 0 radical (unpaired) electrons. The summed E-state index contributed by atoms with van der Waals surface area (Å²) in [4.78, 5) is 5.27. The molecule has 0 amide bonds. The lowest BCUT2D eigenvalue weighted by molar-refractivity contribution is 0.332. The van der Waals surface area contributed by atoms with Crippen LogP contribution in [0.15, 0.2) is 109 Å². The Hall–Kier alpha value is -4.73. The summed E-state index contributed by atoms with van der Waals surface area (Å²) in [6.07, 6.45) is 4.70. The van der Waals surface area contributed by atoms with Crippen LogP contribution in [0.2, 0.25) is 5.02 Å². The van der Waals surface area contributed by atoms with E-state index in [0.29, 0.717) is 0 Å². The normalized spacial score (nSPS) is 18.7. The zero-order chi connectivity index (χ0) is 45.7. The van der Waals surface area contributed by atoms with Gasteiger partial charge in [-0.1, -0.05) is 163 Å². The number of hydrogen-bond acceptors (Lipinski definition) is 2. The molecule has 0 aromatic heterocycles. The molecule has 0 N–H and O–H groups in total. The largest absolute Gasteiger partial charge is 0.311 e. The molecule has 4 heteroatoms. The lowest BCUT2D eigenvalue weighted by atomic mass is 9.33. The number of nitrogens with zero attached hydrogens (tertiary/aromatic N) is 2. The molecule has 0 spiro atoms. The molecule has 0 unspecified atom stereocenters. The number of benzene rings is 6. The SMILES string of the molecule is CC(C)(C)c1ccc(N2c3cc(Cl)ccc3B3c4cc5c(cc4N(c4ccc6c(c4)C(C)(C)CCC6(C)C)c4cc(C(C)(C)C)cc2c43)C(C)(C)CCC5(C)C)c(-c2ccccc2)c1. The van der Waals surface area contributed by atoms with Crippen molar-refractivity contribution < 1.29 is 0 Å². The third-order valence-electron chi connectivity index (χ3n) is 16.2. The van der Waals surface area contributed by atoms with Gasteiger partial charge in [-0.2, -0.15) is 0 Å². The van der Waals surface area contributed by atoms with E-state index in [2.05, 4.69) is 216 Å². The standard InChI is InChI=1S/C60H68BClN2/c1-55(2,3)38-20-25-49(42(30-38)37-18-16-15-17-19-37)64-50-33-40(62)21-24-47(50)61-48-35-45-46(60(13,14)29-28-59(45,11)12)36-51(48)63(52-31-39(56(4,5)6)32-53(64)54(52)61)41-22-23-43-44(34-41)58(9,10)27-26-57(43,7)8/h15-25,30-36H,26-29H2,1-14H3. The van der Waals surface area contributed by atoms with Crippen molar-refractivity contribution in [2.45, 2.75) is 155 Å². The van der Waals surface area contributed by atoms with Gasteiger partial charge in [0.15, 0.2) is 0 Å². The van der Waals surface area contributed by atoms with Gasteiger partial charge in [0.2, 0.25) is 0 Å². The Morgan fingerprint density at radius 1 is 0.453 bits per heavy atom. The summed E-state index contributed by atoms with van der Waals surface area (Å²) in [5.41, 5.74) is 22.6. The van der Waals surface area contributed by atoms with E-state index in [1.165, 1.54) is 109 Å². The minimum absolute atomic E-state index is 0.00180. The van der Waals surface area contributed by atoms with Gasteiger partial charge in [0.25, 0.3) is 6.71 Å². The Bertz CT molecular complexity index is 2880. The van der Waals surface area contributed by atoms with Crippen LogP contribution >= 0.6 is 11.6 Å². The molecule has 2 aliphatic heterocycles. The maximum atomic E-state index is 7.17. The molecule has 4 aliphatic rings. The van der Waals surface area contributed by atoms with Crippen molar-refractivity contribution in [2.75, 3.05) is 9.80 Å². The highest BCUT2D eigenvalue weighted by Gasteiger charge is 2.48. The van der Waals surface area contributed by atoms with E-state index in [1.54, 1.807) is 0 Å². The lowest BCUT2D eigenvalue weighted by Gasteiger charge is -2.48. The summed E-state index contributed by atoms with van der Waals surface area (Å²) in [6, 6.07) is 42.7. The molecule has 6 aromatic carbocycles. The Kier molecular flexibility index (Phi) is 9.54. The average molecular weight is 863 g/mol. The highest BCUT2D eigenvalue weighted by molar-refractivity contribution is 7.00. The summed E-state index contributed by atoms with van der Waals surface area (Å²) in [5.74, 6) is 0. The van der Waals surface area contributed by atoms with Gasteiger partial charge in [0.1, 0.15) is 0 Å². The van der Waals surface area contributed by atoms with Crippen molar-refractivity contribution >= 4 is 68.8 Å². The van der Waals surface area contributed by atoms with Crippen LogP contribution in [0.25, 0.3) is 11.1 Å². The number of hydrogen-bond donors (Lipinski definition) is 0. The Balaban J connectivity index is 1.35. The van der Waals surface area contributed by atoms with Crippen LogP contribution < -0.4 is 26.2 Å². The molecule has 0 bridgehead atoms. The molecule has 2 aliphatic carbocycles. The Morgan fingerprint density at radius 3 is 1.61 bits per heavy atom. The Labute approximate surface area is 390 Å².